The summed E-state index contributed by atoms with van der Waals surface area (Å²) in [6, 6.07) is 0. The van der Waals surface area contributed by atoms with Gasteiger partial charge in [0.05, 0.1) is 18.0 Å². The van der Waals surface area contributed by atoms with Crippen molar-refractivity contribution in [2.24, 2.45) is 0 Å². The molecule has 0 bridgehead atoms. The smallest absolute Gasteiger partial charge is 0.274 e. The van der Waals surface area contributed by atoms with Gasteiger partial charge < -0.3 is 4.90 Å². The van der Waals surface area contributed by atoms with E-state index in [4.69, 9.17) is 0 Å². The van der Waals surface area contributed by atoms with Crippen molar-refractivity contribution in [3.8, 4) is 0 Å². The highest BCUT2D eigenvalue weighted by Gasteiger charge is 2.48. The lowest BCUT2D eigenvalue weighted by molar-refractivity contribution is 0.0518. The molecular weight excluding hydrogens is 304 g/mol. The van der Waals surface area contributed by atoms with Crippen LogP contribution in [0.4, 0.5) is 0 Å². The minimum Gasteiger partial charge on any atom is -0.335 e. The first-order valence-corrected chi connectivity index (χ1v) is 9.30. The van der Waals surface area contributed by atoms with E-state index >= 15 is 0 Å². The molecule has 0 radical (unpaired) electrons. The summed E-state index contributed by atoms with van der Waals surface area (Å²) >= 11 is 0. The molecule has 0 saturated carbocycles. The fourth-order valence-electron chi connectivity index (χ4n) is 3.70. The maximum atomic E-state index is 12.6. The Kier molecular flexibility index (Phi) is 3.90. The van der Waals surface area contributed by atoms with Gasteiger partial charge in [-0.15, -0.1) is 0 Å². The van der Waals surface area contributed by atoms with E-state index in [1.54, 1.807) is 9.21 Å². The van der Waals surface area contributed by atoms with Gasteiger partial charge in [-0.25, -0.2) is 13.4 Å². The maximum Gasteiger partial charge on any atom is 0.274 e. The first-order chi connectivity index (χ1) is 10.4. The molecule has 2 saturated heterocycles. The zero-order valence-corrected chi connectivity index (χ0v) is 13.4. The van der Waals surface area contributed by atoms with Crippen molar-refractivity contribution < 1.29 is 13.2 Å². The SMILES string of the molecule is CS(=O)(=O)N1CCCC12CCCN(C(=O)c1cnccn1)C2. The highest BCUT2D eigenvalue weighted by Crippen LogP contribution is 2.39. The molecule has 1 unspecified atom stereocenters. The van der Waals surface area contributed by atoms with Crippen LogP contribution in [-0.2, 0) is 10.0 Å². The van der Waals surface area contributed by atoms with Gasteiger partial charge >= 0.3 is 0 Å². The van der Waals surface area contributed by atoms with Crippen LogP contribution in [0.2, 0.25) is 0 Å². The summed E-state index contributed by atoms with van der Waals surface area (Å²) < 4.78 is 25.7. The molecular formula is C14H20N4O3S. The van der Waals surface area contributed by atoms with E-state index < -0.39 is 15.6 Å². The van der Waals surface area contributed by atoms with Crippen LogP contribution >= 0.6 is 0 Å². The van der Waals surface area contributed by atoms with Crippen LogP contribution in [-0.4, -0.2) is 64.9 Å². The minimum absolute atomic E-state index is 0.174. The Balaban J connectivity index is 1.84. The Hall–Kier alpha value is -1.54. The molecule has 1 aromatic heterocycles. The number of sulfonamides is 1. The van der Waals surface area contributed by atoms with E-state index in [9.17, 15) is 13.2 Å². The van der Waals surface area contributed by atoms with Crippen molar-refractivity contribution in [3.63, 3.8) is 0 Å². The summed E-state index contributed by atoms with van der Waals surface area (Å²) in [4.78, 5) is 22.2. The zero-order chi connectivity index (χ0) is 15.8. The highest BCUT2D eigenvalue weighted by molar-refractivity contribution is 7.88. The van der Waals surface area contributed by atoms with Crippen molar-refractivity contribution in [2.75, 3.05) is 25.9 Å². The molecule has 7 nitrogen and oxygen atoms in total. The van der Waals surface area contributed by atoms with Gasteiger partial charge in [0.2, 0.25) is 10.0 Å². The van der Waals surface area contributed by atoms with E-state index in [2.05, 4.69) is 9.97 Å². The number of hydrogen-bond donors (Lipinski definition) is 0. The molecule has 3 rings (SSSR count). The van der Waals surface area contributed by atoms with Crippen LogP contribution < -0.4 is 0 Å². The van der Waals surface area contributed by atoms with Crippen LogP contribution in [0.1, 0.15) is 36.2 Å². The second kappa shape index (κ2) is 5.58. The standard InChI is InChI=1S/C14H20N4O3S/c1-22(20,21)18-9-3-5-14(18)4-2-8-17(11-14)13(19)12-10-15-6-7-16-12/h6-7,10H,2-5,8-9,11H2,1H3. The molecule has 0 aromatic carbocycles. The van der Waals surface area contributed by atoms with Gasteiger partial charge in [0.25, 0.3) is 5.91 Å². The maximum absolute atomic E-state index is 12.6. The number of likely N-dealkylation sites (tertiary alicyclic amines) is 1. The van der Waals surface area contributed by atoms with Crippen molar-refractivity contribution in [2.45, 2.75) is 31.2 Å². The largest absolute Gasteiger partial charge is 0.335 e. The summed E-state index contributed by atoms with van der Waals surface area (Å²) in [7, 11) is -3.26. The lowest BCUT2D eigenvalue weighted by Crippen LogP contribution is -2.58. The molecule has 1 spiro atoms. The van der Waals surface area contributed by atoms with E-state index in [-0.39, 0.29) is 5.91 Å². The highest BCUT2D eigenvalue weighted by atomic mass is 32.2. The lowest BCUT2D eigenvalue weighted by Gasteiger charge is -2.44. The Labute approximate surface area is 130 Å². The van der Waals surface area contributed by atoms with Gasteiger partial charge in [0, 0.05) is 32.0 Å². The van der Waals surface area contributed by atoms with Crippen LogP contribution in [0.25, 0.3) is 0 Å². The Bertz CT molecular complexity index is 664. The van der Waals surface area contributed by atoms with Crippen LogP contribution in [0.3, 0.4) is 0 Å². The minimum atomic E-state index is -3.26. The number of aromatic nitrogens is 2. The number of rotatable bonds is 2. The zero-order valence-electron chi connectivity index (χ0n) is 12.6. The van der Waals surface area contributed by atoms with Crippen LogP contribution in [0, 0.1) is 0 Å². The lowest BCUT2D eigenvalue weighted by atomic mass is 9.87. The first-order valence-electron chi connectivity index (χ1n) is 7.46. The monoisotopic (exact) mass is 324 g/mol. The molecule has 8 heteroatoms. The van der Waals surface area contributed by atoms with Gasteiger partial charge in [-0.1, -0.05) is 0 Å². The average Bonchev–Trinajstić information content (AvgIpc) is 2.90. The van der Waals surface area contributed by atoms with Crippen LogP contribution in [0.5, 0.6) is 0 Å². The van der Waals surface area contributed by atoms with Crippen molar-refractivity contribution in [1.82, 2.24) is 19.2 Å². The molecule has 2 aliphatic rings. The van der Waals surface area contributed by atoms with E-state index in [0.29, 0.717) is 25.3 Å². The molecule has 1 aromatic rings. The van der Waals surface area contributed by atoms with Gasteiger partial charge in [-0.05, 0) is 25.7 Å². The third kappa shape index (κ3) is 2.72. The molecule has 22 heavy (non-hydrogen) atoms. The molecule has 120 valence electrons. The predicted molar refractivity (Wildman–Crippen MR) is 80.7 cm³/mol. The Morgan fingerprint density at radius 1 is 1.23 bits per heavy atom. The summed E-state index contributed by atoms with van der Waals surface area (Å²) in [5, 5.41) is 0. The molecule has 2 fully saturated rings. The number of hydrogen-bond acceptors (Lipinski definition) is 5. The van der Waals surface area contributed by atoms with Gasteiger partial charge in [-0.2, -0.15) is 4.31 Å². The third-order valence-electron chi connectivity index (χ3n) is 4.56. The first kappa shape index (κ1) is 15.4. The fraction of sp³-hybridized carbons (Fsp3) is 0.643. The van der Waals surface area contributed by atoms with Gasteiger partial charge in [0.15, 0.2) is 0 Å². The number of piperidine rings is 1. The Morgan fingerprint density at radius 3 is 2.59 bits per heavy atom. The number of carbonyl (C=O) groups is 1. The second-order valence-electron chi connectivity index (χ2n) is 6.08. The summed E-state index contributed by atoms with van der Waals surface area (Å²) in [5.41, 5.74) is -0.132. The molecule has 1 amide bonds. The van der Waals surface area contributed by atoms with Crippen LogP contribution in [0.15, 0.2) is 18.6 Å². The summed E-state index contributed by atoms with van der Waals surface area (Å²) in [5.74, 6) is -0.174. The normalized spacial score (nSPS) is 26.5. The number of nitrogens with zero attached hydrogens (tertiary/aromatic N) is 4. The third-order valence-corrected chi connectivity index (χ3v) is 5.93. The van der Waals surface area contributed by atoms with E-state index in [0.717, 1.165) is 25.7 Å². The number of amides is 1. The van der Waals surface area contributed by atoms with Crippen molar-refractivity contribution in [3.05, 3.63) is 24.3 Å². The molecule has 3 heterocycles. The quantitative estimate of drug-likeness (QED) is 0.791. The molecule has 0 N–H and O–H groups in total. The van der Waals surface area contributed by atoms with Crippen molar-refractivity contribution >= 4 is 15.9 Å². The van der Waals surface area contributed by atoms with Crippen molar-refractivity contribution in [1.29, 1.82) is 0 Å². The number of carbonyl (C=O) groups excluding carboxylic acids is 1. The van der Waals surface area contributed by atoms with E-state index in [1.165, 1.54) is 24.8 Å². The average molecular weight is 324 g/mol. The predicted octanol–water partition coefficient (Wildman–Crippen LogP) is 0.507. The topological polar surface area (TPSA) is 83.5 Å². The summed E-state index contributed by atoms with van der Waals surface area (Å²) in [6.45, 7) is 1.62. The second-order valence-corrected chi connectivity index (χ2v) is 7.99. The van der Waals surface area contributed by atoms with E-state index in [1.807, 2.05) is 0 Å². The Morgan fingerprint density at radius 2 is 1.95 bits per heavy atom. The molecule has 0 aliphatic carbocycles. The van der Waals surface area contributed by atoms with Gasteiger partial charge in [-0.3, -0.25) is 9.78 Å². The van der Waals surface area contributed by atoms with Gasteiger partial charge in [0.1, 0.15) is 5.69 Å². The summed E-state index contributed by atoms with van der Waals surface area (Å²) in [6.07, 6.45) is 8.99. The molecule has 1 atom stereocenters. The molecule has 2 aliphatic heterocycles. The fourth-order valence-corrected chi connectivity index (χ4v) is 5.10.